The molecule has 2 aromatic carbocycles. The molecule has 24 heavy (non-hydrogen) atoms. The van der Waals surface area contributed by atoms with Gasteiger partial charge in [-0.15, -0.1) is 0 Å². The fraction of sp³-hybridized carbons (Fsp3) is 0.368. The Balaban J connectivity index is 1.62. The second-order valence-corrected chi connectivity index (χ2v) is 6.16. The minimum Gasteiger partial charge on any atom is -0.341 e. The van der Waals surface area contributed by atoms with Gasteiger partial charge in [0.15, 0.2) is 0 Å². The monoisotopic (exact) mass is 325 g/mol. The summed E-state index contributed by atoms with van der Waals surface area (Å²) in [6.45, 7) is 1.53. The standard InChI is InChI=1S/C19H23N3O2/c1-20-19(24)21-13-18(23)22-11-9-15(10-12-22)17-8-4-6-14-5-2-3-7-16(14)17/h2-8,15H,9-13H2,1H3,(H2,20,21,24). The lowest BCUT2D eigenvalue weighted by molar-refractivity contribution is -0.131. The molecule has 1 fully saturated rings. The van der Waals surface area contributed by atoms with E-state index in [1.807, 2.05) is 4.90 Å². The number of rotatable bonds is 3. The van der Waals surface area contributed by atoms with Crippen LogP contribution in [0.2, 0.25) is 0 Å². The van der Waals surface area contributed by atoms with Crippen LogP contribution >= 0.6 is 0 Å². The predicted molar refractivity (Wildman–Crippen MR) is 95.0 cm³/mol. The van der Waals surface area contributed by atoms with Gasteiger partial charge in [-0.25, -0.2) is 4.79 Å². The van der Waals surface area contributed by atoms with Crippen LogP contribution in [0.3, 0.4) is 0 Å². The fourth-order valence-corrected chi connectivity index (χ4v) is 3.40. The summed E-state index contributed by atoms with van der Waals surface area (Å²) in [4.78, 5) is 25.2. The minimum absolute atomic E-state index is 0.0185. The highest BCUT2D eigenvalue weighted by atomic mass is 16.2. The van der Waals surface area contributed by atoms with Crippen LogP contribution in [0.25, 0.3) is 10.8 Å². The van der Waals surface area contributed by atoms with Gasteiger partial charge in [-0.3, -0.25) is 4.79 Å². The third-order valence-electron chi connectivity index (χ3n) is 4.74. The van der Waals surface area contributed by atoms with E-state index in [0.29, 0.717) is 5.92 Å². The largest absolute Gasteiger partial charge is 0.341 e. The second-order valence-electron chi connectivity index (χ2n) is 6.16. The van der Waals surface area contributed by atoms with Crippen LogP contribution in [0.15, 0.2) is 42.5 Å². The number of nitrogens with one attached hydrogen (secondary N) is 2. The van der Waals surface area contributed by atoms with Gasteiger partial charge < -0.3 is 15.5 Å². The molecular formula is C19H23N3O2. The van der Waals surface area contributed by atoms with Gasteiger partial charge in [0.2, 0.25) is 5.91 Å². The Hall–Kier alpha value is -2.56. The van der Waals surface area contributed by atoms with Gasteiger partial charge in [-0.1, -0.05) is 42.5 Å². The zero-order valence-electron chi connectivity index (χ0n) is 13.9. The molecule has 126 valence electrons. The van der Waals surface area contributed by atoms with Crippen molar-refractivity contribution in [1.29, 1.82) is 0 Å². The molecule has 0 radical (unpaired) electrons. The Morgan fingerprint density at radius 3 is 2.54 bits per heavy atom. The Labute approximate surface area is 142 Å². The van der Waals surface area contributed by atoms with Crippen LogP contribution in [0.1, 0.15) is 24.3 Å². The van der Waals surface area contributed by atoms with Crippen LogP contribution in [0.4, 0.5) is 4.79 Å². The Kier molecular flexibility index (Phi) is 4.99. The van der Waals surface area contributed by atoms with Crippen molar-refractivity contribution in [2.45, 2.75) is 18.8 Å². The molecule has 0 spiro atoms. The van der Waals surface area contributed by atoms with Gasteiger partial charge in [0.25, 0.3) is 0 Å². The molecule has 2 N–H and O–H groups in total. The highest BCUT2D eigenvalue weighted by Crippen LogP contribution is 2.32. The number of nitrogens with zero attached hydrogens (tertiary/aromatic N) is 1. The quantitative estimate of drug-likeness (QED) is 0.911. The van der Waals surface area contributed by atoms with Crippen LogP contribution < -0.4 is 10.6 Å². The minimum atomic E-state index is -0.325. The van der Waals surface area contributed by atoms with Crippen LogP contribution in [0.5, 0.6) is 0 Å². The molecule has 0 bridgehead atoms. The molecule has 1 heterocycles. The lowest BCUT2D eigenvalue weighted by Gasteiger charge is -2.32. The lowest BCUT2D eigenvalue weighted by Crippen LogP contribution is -2.45. The first-order chi connectivity index (χ1) is 11.7. The number of fused-ring (bicyclic) bond motifs is 1. The number of urea groups is 1. The van der Waals surface area contributed by atoms with Crippen molar-refractivity contribution in [1.82, 2.24) is 15.5 Å². The van der Waals surface area contributed by atoms with Gasteiger partial charge in [-0.05, 0) is 35.1 Å². The number of carbonyl (C=O) groups is 2. The van der Waals surface area contributed by atoms with E-state index in [0.717, 1.165) is 25.9 Å². The zero-order chi connectivity index (χ0) is 16.9. The summed E-state index contributed by atoms with van der Waals surface area (Å²) < 4.78 is 0. The molecule has 5 nitrogen and oxygen atoms in total. The predicted octanol–water partition coefficient (Wildman–Crippen LogP) is 2.47. The van der Waals surface area contributed by atoms with Crippen molar-refractivity contribution in [3.8, 4) is 0 Å². The molecule has 0 aliphatic carbocycles. The van der Waals surface area contributed by atoms with Crippen LogP contribution in [0, 0.1) is 0 Å². The number of carbonyl (C=O) groups excluding carboxylic acids is 2. The molecule has 0 unspecified atom stereocenters. The molecule has 0 saturated carbocycles. The molecule has 3 amide bonds. The second kappa shape index (κ2) is 7.34. The maximum atomic E-state index is 12.2. The van der Waals surface area contributed by atoms with E-state index in [4.69, 9.17) is 0 Å². The van der Waals surface area contributed by atoms with E-state index in [2.05, 4.69) is 53.1 Å². The summed E-state index contributed by atoms with van der Waals surface area (Å²) in [7, 11) is 1.54. The molecule has 1 aliphatic heterocycles. The van der Waals surface area contributed by atoms with Crippen LogP contribution in [-0.4, -0.2) is 43.5 Å². The van der Waals surface area contributed by atoms with Crippen LogP contribution in [-0.2, 0) is 4.79 Å². The van der Waals surface area contributed by atoms with E-state index in [-0.39, 0.29) is 18.5 Å². The third-order valence-corrected chi connectivity index (χ3v) is 4.74. The van der Waals surface area contributed by atoms with Crippen molar-refractivity contribution in [2.75, 3.05) is 26.7 Å². The van der Waals surface area contributed by atoms with Crippen molar-refractivity contribution in [3.63, 3.8) is 0 Å². The Morgan fingerprint density at radius 2 is 1.79 bits per heavy atom. The lowest BCUT2D eigenvalue weighted by atomic mass is 9.86. The first-order valence-electron chi connectivity index (χ1n) is 8.40. The highest BCUT2D eigenvalue weighted by molar-refractivity contribution is 5.86. The molecule has 1 aliphatic rings. The number of likely N-dealkylation sites (tertiary alicyclic amines) is 1. The van der Waals surface area contributed by atoms with Gasteiger partial charge >= 0.3 is 6.03 Å². The van der Waals surface area contributed by atoms with Crippen molar-refractivity contribution in [2.24, 2.45) is 0 Å². The van der Waals surface area contributed by atoms with Gasteiger partial charge in [0, 0.05) is 20.1 Å². The number of hydrogen-bond donors (Lipinski definition) is 2. The van der Waals surface area contributed by atoms with E-state index >= 15 is 0 Å². The SMILES string of the molecule is CNC(=O)NCC(=O)N1CCC(c2cccc3ccccc23)CC1. The Morgan fingerprint density at radius 1 is 1.08 bits per heavy atom. The molecular weight excluding hydrogens is 302 g/mol. The van der Waals surface area contributed by atoms with Gasteiger partial charge in [-0.2, -0.15) is 0 Å². The molecule has 5 heteroatoms. The van der Waals surface area contributed by atoms with Gasteiger partial charge in [0.05, 0.1) is 6.54 Å². The fourth-order valence-electron chi connectivity index (χ4n) is 3.40. The average Bonchev–Trinajstić information content (AvgIpc) is 2.65. The molecule has 0 aromatic heterocycles. The summed E-state index contributed by atoms with van der Waals surface area (Å²) >= 11 is 0. The number of amides is 3. The summed E-state index contributed by atoms with van der Waals surface area (Å²) in [5.74, 6) is 0.460. The van der Waals surface area contributed by atoms with E-state index in [1.165, 1.54) is 23.4 Å². The Bertz CT molecular complexity index is 731. The first kappa shape index (κ1) is 16.3. The third kappa shape index (κ3) is 3.50. The van der Waals surface area contributed by atoms with E-state index in [1.54, 1.807) is 0 Å². The first-order valence-corrected chi connectivity index (χ1v) is 8.40. The zero-order valence-corrected chi connectivity index (χ0v) is 13.9. The highest BCUT2D eigenvalue weighted by Gasteiger charge is 2.24. The number of benzene rings is 2. The normalized spacial score (nSPS) is 15.3. The maximum Gasteiger partial charge on any atom is 0.314 e. The van der Waals surface area contributed by atoms with Crippen molar-refractivity contribution < 1.29 is 9.59 Å². The molecule has 1 saturated heterocycles. The summed E-state index contributed by atoms with van der Waals surface area (Å²) in [5, 5.41) is 7.58. The van der Waals surface area contributed by atoms with Crippen molar-refractivity contribution in [3.05, 3.63) is 48.0 Å². The smallest absolute Gasteiger partial charge is 0.314 e. The topological polar surface area (TPSA) is 61.4 Å². The van der Waals surface area contributed by atoms with E-state index in [9.17, 15) is 9.59 Å². The summed E-state index contributed by atoms with van der Waals surface area (Å²) in [5.41, 5.74) is 1.38. The molecule has 2 aromatic rings. The number of piperidine rings is 1. The van der Waals surface area contributed by atoms with Gasteiger partial charge in [0.1, 0.15) is 0 Å². The maximum absolute atomic E-state index is 12.2. The van der Waals surface area contributed by atoms with E-state index < -0.39 is 0 Å². The summed E-state index contributed by atoms with van der Waals surface area (Å²) in [6, 6.07) is 14.6. The molecule has 0 atom stereocenters. The number of hydrogen-bond acceptors (Lipinski definition) is 2. The average molecular weight is 325 g/mol. The summed E-state index contributed by atoms with van der Waals surface area (Å²) in [6.07, 6.45) is 1.92. The molecule has 3 rings (SSSR count). The van der Waals surface area contributed by atoms with Crippen molar-refractivity contribution >= 4 is 22.7 Å².